The molecular formula is C22H21N3O2. The van der Waals surface area contributed by atoms with Gasteiger partial charge in [0.25, 0.3) is 5.91 Å². The topological polar surface area (TPSA) is 70.2 Å². The molecule has 3 aromatic carbocycles. The van der Waals surface area contributed by atoms with E-state index in [1.54, 1.807) is 6.07 Å². The minimum Gasteiger partial charge on any atom is -0.376 e. The first-order chi connectivity index (χ1) is 13.2. The second kappa shape index (κ2) is 7.50. The Kier molecular flexibility index (Phi) is 4.75. The minimum atomic E-state index is -0.163. The van der Waals surface area contributed by atoms with Gasteiger partial charge >= 0.3 is 0 Å². The lowest BCUT2D eigenvalue weighted by Crippen LogP contribution is -2.27. The molecular weight excluding hydrogens is 338 g/mol. The second-order valence-corrected chi connectivity index (χ2v) is 6.72. The van der Waals surface area contributed by atoms with Crippen LogP contribution in [0.4, 0.5) is 11.4 Å². The van der Waals surface area contributed by atoms with E-state index >= 15 is 0 Å². The Bertz CT molecular complexity index is 990. The standard InChI is InChI=1S/C22H21N3O2/c26-21(25-20-11-5-7-15-6-1-2-8-17(15)20)14-23-19-10-4-3-9-18(19)22(27)24-16-12-13-16/h1-11,16,23H,12-14H2,(H,24,27)(H,25,26). The van der Waals surface area contributed by atoms with E-state index in [0.717, 1.165) is 29.3 Å². The van der Waals surface area contributed by atoms with E-state index in [0.29, 0.717) is 17.3 Å². The third-order valence-corrected chi connectivity index (χ3v) is 4.59. The molecule has 3 aromatic rings. The zero-order valence-corrected chi connectivity index (χ0v) is 14.9. The van der Waals surface area contributed by atoms with E-state index in [-0.39, 0.29) is 18.4 Å². The molecule has 136 valence electrons. The average molecular weight is 359 g/mol. The summed E-state index contributed by atoms with van der Waals surface area (Å²) in [6.45, 7) is 0.0803. The van der Waals surface area contributed by atoms with Crippen LogP contribution in [0.3, 0.4) is 0 Å². The zero-order valence-electron chi connectivity index (χ0n) is 14.9. The number of nitrogens with one attached hydrogen (secondary N) is 3. The Morgan fingerprint density at radius 2 is 1.56 bits per heavy atom. The van der Waals surface area contributed by atoms with Gasteiger partial charge < -0.3 is 16.0 Å². The lowest BCUT2D eigenvalue weighted by atomic mass is 10.1. The molecule has 3 N–H and O–H groups in total. The van der Waals surface area contributed by atoms with Gasteiger partial charge in [-0.3, -0.25) is 9.59 Å². The highest BCUT2D eigenvalue weighted by Gasteiger charge is 2.24. The van der Waals surface area contributed by atoms with Crippen molar-refractivity contribution in [3.05, 3.63) is 72.3 Å². The van der Waals surface area contributed by atoms with E-state index in [2.05, 4.69) is 16.0 Å². The number of anilines is 2. The fraction of sp³-hybridized carbons (Fsp3) is 0.182. The summed E-state index contributed by atoms with van der Waals surface area (Å²) >= 11 is 0. The molecule has 1 aliphatic rings. The Morgan fingerprint density at radius 3 is 2.41 bits per heavy atom. The summed E-state index contributed by atoms with van der Waals surface area (Å²) in [6, 6.07) is 21.3. The van der Waals surface area contributed by atoms with E-state index in [1.165, 1.54) is 0 Å². The molecule has 0 heterocycles. The Balaban J connectivity index is 1.43. The summed E-state index contributed by atoms with van der Waals surface area (Å²) in [4.78, 5) is 24.8. The molecule has 0 aliphatic heterocycles. The summed E-state index contributed by atoms with van der Waals surface area (Å²) in [6.07, 6.45) is 2.07. The summed E-state index contributed by atoms with van der Waals surface area (Å²) in [5.74, 6) is -0.265. The smallest absolute Gasteiger partial charge is 0.253 e. The van der Waals surface area contributed by atoms with Gasteiger partial charge in [0.05, 0.1) is 12.1 Å². The van der Waals surface area contributed by atoms with Gasteiger partial charge in [0, 0.05) is 22.8 Å². The summed E-state index contributed by atoms with van der Waals surface area (Å²) in [5.41, 5.74) is 1.99. The Morgan fingerprint density at radius 1 is 0.852 bits per heavy atom. The van der Waals surface area contributed by atoms with Crippen molar-refractivity contribution in [3.8, 4) is 0 Å². The van der Waals surface area contributed by atoms with Gasteiger partial charge in [0.1, 0.15) is 0 Å². The molecule has 0 aromatic heterocycles. The van der Waals surface area contributed by atoms with E-state index in [4.69, 9.17) is 0 Å². The van der Waals surface area contributed by atoms with Gasteiger partial charge in [-0.05, 0) is 36.4 Å². The quantitative estimate of drug-likeness (QED) is 0.627. The first-order valence-electron chi connectivity index (χ1n) is 9.12. The third-order valence-electron chi connectivity index (χ3n) is 4.59. The molecule has 27 heavy (non-hydrogen) atoms. The highest BCUT2D eigenvalue weighted by Crippen LogP contribution is 2.23. The maximum atomic E-state index is 12.4. The Labute approximate surface area is 157 Å². The maximum Gasteiger partial charge on any atom is 0.253 e. The first-order valence-corrected chi connectivity index (χ1v) is 9.12. The van der Waals surface area contributed by atoms with Gasteiger partial charge in [-0.25, -0.2) is 0 Å². The lowest BCUT2D eigenvalue weighted by molar-refractivity contribution is -0.114. The maximum absolute atomic E-state index is 12.4. The van der Waals surface area contributed by atoms with Crippen molar-refractivity contribution in [2.45, 2.75) is 18.9 Å². The molecule has 0 bridgehead atoms. The van der Waals surface area contributed by atoms with Crippen molar-refractivity contribution in [1.82, 2.24) is 5.32 Å². The van der Waals surface area contributed by atoms with Crippen LogP contribution in [0.15, 0.2) is 66.7 Å². The van der Waals surface area contributed by atoms with E-state index < -0.39 is 0 Å². The number of hydrogen-bond donors (Lipinski definition) is 3. The van der Waals surface area contributed by atoms with E-state index in [1.807, 2.05) is 60.7 Å². The van der Waals surface area contributed by atoms with Crippen molar-refractivity contribution in [2.75, 3.05) is 17.2 Å². The van der Waals surface area contributed by atoms with Crippen molar-refractivity contribution in [3.63, 3.8) is 0 Å². The van der Waals surface area contributed by atoms with Crippen LogP contribution in [0.2, 0.25) is 0 Å². The molecule has 0 atom stereocenters. The fourth-order valence-corrected chi connectivity index (χ4v) is 3.03. The fourth-order valence-electron chi connectivity index (χ4n) is 3.03. The number of carbonyl (C=O) groups is 2. The van der Waals surface area contributed by atoms with Crippen LogP contribution in [0.25, 0.3) is 10.8 Å². The minimum absolute atomic E-state index is 0.0803. The molecule has 0 unspecified atom stereocenters. The number of carbonyl (C=O) groups excluding carboxylic acids is 2. The number of amides is 2. The molecule has 1 aliphatic carbocycles. The van der Waals surface area contributed by atoms with Gasteiger partial charge in [-0.15, -0.1) is 0 Å². The van der Waals surface area contributed by atoms with Gasteiger partial charge in [0.15, 0.2) is 0 Å². The number of fused-ring (bicyclic) bond motifs is 1. The molecule has 5 heteroatoms. The van der Waals surface area contributed by atoms with Crippen LogP contribution in [-0.2, 0) is 4.79 Å². The molecule has 0 saturated heterocycles. The molecule has 1 saturated carbocycles. The highest BCUT2D eigenvalue weighted by atomic mass is 16.2. The van der Waals surface area contributed by atoms with Gasteiger partial charge in [0.2, 0.25) is 5.91 Å². The normalized spacial score (nSPS) is 13.2. The first kappa shape index (κ1) is 17.1. The second-order valence-electron chi connectivity index (χ2n) is 6.72. The zero-order chi connectivity index (χ0) is 18.6. The van der Waals surface area contributed by atoms with Crippen LogP contribution in [0.5, 0.6) is 0 Å². The molecule has 2 amide bonds. The number of benzene rings is 3. The third kappa shape index (κ3) is 4.08. The van der Waals surface area contributed by atoms with Crippen LogP contribution >= 0.6 is 0 Å². The van der Waals surface area contributed by atoms with Crippen molar-refractivity contribution < 1.29 is 9.59 Å². The highest BCUT2D eigenvalue weighted by molar-refractivity contribution is 6.04. The lowest BCUT2D eigenvalue weighted by Gasteiger charge is -2.13. The summed E-state index contributed by atoms with van der Waals surface area (Å²) in [5, 5.41) is 11.1. The monoisotopic (exact) mass is 359 g/mol. The number of hydrogen-bond acceptors (Lipinski definition) is 3. The predicted octanol–water partition coefficient (Wildman–Crippen LogP) is 3.78. The van der Waals surface area contributed by atoms with E-state index in [9.17, 15) is 9.59 Å². The van der Waals surface area contributed by atoms with Crippen molar-refractivity contribution >= 4 is 34.0 Å². The predicted molar refractivity (Wildman–Crippen MR) is 108 cm³/mol. The molecule has 0 radical (unpaired) electrons. The SMILES string of the molecule is O=C(CNc1ccccc1C(=O)NC1CC1)Nc1cccc2ccccc12. The Hall–Kier alpha value is -3.34. The number of rotatable bonds is 6. The molecule has 5 nitrogen and oxygen atoms in total. The average Bonchev–Trinajstić information content (AvgIpc) is 3.51. The molecule has 1 fully saturated rings. The van der Waals surface area contributed by atoms with Gasteiger partial charge in [-0.2, -0.15) is 0 Å². The van der Waals surface area contributed by atoms with Crippen LogP contribution in [0.1, 0.15) is 23.2 Å². The van der Waals surface area contributed by atoms with Crippen LogP contribution in [-0.4, -0.2) is 24.4 Å². The van der Waals surface area contributed by atoms with Gasteiger partial charge in [-0.1, -0.05) is 48.5 Å². The largest absolute Gasteiger partial charge is 0.376 e. The van der Waals surface area contributed by atoms with Crippen molar-refractivity contribution in [2.24, 2.45) is 0 Å². The molecule has 4 rings (SSSR count). The number of para-hydroxylation sites is 1. The van der Waals surface area contributed by atoms with Crippen LogP contribution in [0, 0.1) is 0 Å². The molecule has 0 spiro atoms. The summed E-state index contributed by atoms with van der Waals surface area (Å²) in [7, 11) is 0. The van der Waals surface area contributed by atoms with Crippen molar-refractivity contribution in [1.29, 1.82) is 0 Å². The van der Waals surface area contributed by atoms with Crippen LogP contribution < -0.4 is 16.0 Å². The summed E-state index contributed by atoms with van der Waals surface area (Å²) < 4.78 is 0.